The number of hydrogen-bond acceptors (Lipinski definition) is 4. The highest BCUT2D eigenvalue weighted by Gasteiger charge is 2.46. The normalized spacial score (nSPS) is 17.0. The molecule has 5 aromatic rings. The lowest BCUT2D eigenvalue weighted by Crippen LogP contribution is -2.32. The average Bonchev–Trinajstić information content (AvgIpc) is 3.03. The van der Waals surface area contributed by atoms with Crippen LogP contribution in [0, 0.1) is 0 Å². The second kappa shape index (κ2) is 6.97. The zero-order valence-electron chi connectivity index (χ0n) is 16.6. The van der Waals surface area contributed by atoms with Gasteiger partial charge in [-0.05, 0) is 48.5 Å². The Bertz CT molecular complexity index is 1630. The number of hydrogen-bond donors (Lipinski definition) is 1. The third kappa shape index (κ3) is 2.77. The largest absolute Gasteiger partial charge is 0.377 e. The van der Waals surface area contributed by atoms with Gasteiger partial charge in [0.2, 0.25) is 0 Å². The molecule has 0 saturated heterocycles. The molecule has 32 heavy (non-hydrogen) atoms. The van der Waals surface area contributed by atoms with Crippen molar-refractivity contribution in [2.24, 2.45) is 0 Å². The van der Waals surface area contributed by atoms with Crippen molar-refractivity contribution in [3.05, 3.63) is 110 Å². The van der Waals surface area contributed by atoms with Crippen LogP contribution in [0.2, 0.25) is 5.02 Å². The van der Waals surface area contributed by atoms with Gasteiger partial charge in [-0.2, -0.15) is 0 Å². The summed E-state index contributed by atoms with van der Waals surface area (Å²) >= 11 is 10.1. The Kier molecular flexibility index (Phi) is 4.27. The van der Waals surface area contributed by atoms with Crippen molar-refractivity contribution < 1.29 is 5.11 Å². The molecule has 3 aromatic carbocycles. The molecule has 2 aromatic heterocycles. The standard InChI is InChI=1S/C25H15BrClN3O2/c26-15-9-11-19-14(12-15)8-10-16(28-19)13-25(32)22-18(27)5-3-7-21(22)30-23(31)17-4-1-2-6-20(17)29-24(25)30/h1-12,32H,13H2. The van der Waals surface area contributed by atoms with Crippen LogP contribution in [0.4, 0.5) is 0 Å². The Morgan fingerprint density at radius 2 is 1.81 bits per heavy atom. The molecule has 1 unspecified atom stereocenters. The van der Waals surface area contributed by atoms with Crippen LogP contribution in [-0.2, 0) is 12.0 Å². The van der Waals surface area contributed by atoms with Gasteiger partial charge in [0.05, 0.1) is 22.1 Å². The van der Waals surface area contributed by atoms with E-state index in [2.05, 4.69) is 15.9 Å². The summed E-state index contributed by atoms with van der Waals surface area (Å²) in [6.07, 6.45) is 0.126. The number of fused-ring (bicyclic) bond motifs is 5. The Balaban J connectivity index is 1.61. The molecular formula is C25H15BrClN3O2. The molecule has 1 aliphatic heterocycles. The summed E-state index contributed by atoms with van der Waals surface area (Å²) < 4.78 is 2.45. The molecule has 0 fully saturated rings. The monoisotopic (exact) mass is 503 g/mol. The fourth-order valence-electron chi connectivity index (χ4n) is 4.52. The van der Waals surface area contributed by atoms with Crippen molar-refractivity contribution in [2.75, 3.05) is 0 Å². The number of aromatic nitrogens is 3. The van der Waals surface area contributed by atoms with Crippen molar-refractivity contribution in [3.63, 3.8) is 0 Å². The molecule has 0 bridgehead atoms. The second-order valence-electron chi connectivity index (χ2n) is 7.90. The van der Waals surface area contributed by atoms with Crippen LogP contribution in [0.5, 0.6) is 0 Å². The lowest BCUT2D eigenvalue weighted by atomic mass is 9.89. The SMILES string of the molecule is O=c1c2ccccc2nc2n1-c1cccc(Cl)c1C2(O)Cc1ccc2cc(Br)ccc2n1. The quantitative estimate of drug-likeness (QED) is 0.361. The Morgan fingerprint density at radius 3 is 2.69 bits per heavy atom. The van der Waals surface area contributed by atoms with Crippen LogP contribution in [-0.4, -0.2) is 19.6 Å². The third-order valence-corrected chi connectivity index (χ3v) is 6.75. The molecule has 1 atom stereocenters. The minimum atomic E-state index is -1.60. The number of nitrogens with zero attached hydrogens (tertiary/aromatic N) is 3. The van der Waals surface area contributed by atoms with Crippen LogP contribution in [0.1, 0.15) is 17.1 Å². The van der Waals surface area contributed by atoms with Crippen molar-refractivity contribution in [1.29, 1.82) is 0 Å². The molecule has 5 nitrogen and oxygen atoms in total. The van der Waals surface area contributed by atoms with Crippen LogP contribution in [0.3, 0.4) is 0 Å². The summed E-state index contributed by atoms with van der Waals surface area (Å²) in [4.78, 5) is 22.9. The maximum absolute atomic E-state index is 13.4. The van der Waals surface area contributed by atoms with Crippen LogP contribution in [0.15, 0.2) is 82.1 Å². The van der Waals surface area contributed by atoms with Crippen molar-refractivity contribution in [1.82, 2.24) is 14.5 Å². The highest BCUT2D eigenvalue weighted by molar-refractivity contribution is 9.10. The van der Waals surface area contributed by atoms with Gasteiger partial charge in [0.1, 0.15) is 0 Å². The topological polar surface area (TPSA) is 68.0 Å². The van der Waals surface area contributed by atoms with E-state index < -0.39 is 5.60 Å². The molecular weight excluding hydrogens is 490 g/mol. The van der Waals surface area contributed by atoms with Gasteiger partial charge in [-0.1, -0.05) is 51.8 Å². The number of aliphatic hydroxyl groups is 1. The summed E-state index contributed by atoms with van der Waals surface area (Å²) in [5.74, 6) is 0.252. The number of para-hydroxylation sites is 1. The van der Waals surface area contributed by atoms with E-state index in [1.807, 2.05) is 36.4 Å². The Morgan fingerprint density at radius 1 is 0.969 bits per heavy atom. The Hall–Kier alpha value is -3.06. The predicted molar refractivity (Wildman–Crippen MR) is 128 cm³/mol. The van der Waals surface area contributed by atoms with Crippen LogP contribution < -0.4 is 5.56 Å². The maximum Gasteiger partial charge on any atom is 0.266 e. The second-order valence-corrected chi connectivity index (χ2v) is 9.23. The number of halogens is 2. The third-order valence-electron chi connectivity index (χ3n) is 5.94. The van der Waals surface area contributed by atoms with Gasteiger partial charge >= 0.3 is 0 Å². The summed E-state index contributed by atoms with van der Waals surface area (Å²) in [5, 5.41) is 13.9. The zero-order valence-corrected chi connectivity index (χ0v) is 18.9. The van der Waals surface area contributed by atoms with E-state index in [1.54, 1.807) is 36.4 Å². The molecule has 3 heterocycles. The molecule has 0 saturated carbocycles. The van der Waals surface area contributed by atoms with Crippen molar-refractivity contribution >= 4 is 49.3 Å². The van der Waals surface area contributed by atoms with Gasteiger partial charge < -0.3 is 5.11 Å². The van der Waals surface area contributed by atoms with E-state index in [9.17, 15) is 9.90 Å². The summed E-state index contributed by atoms with van der Waals surface area (Å²) in [6, 6.07) is 22.1. The van der Waals surface area contributed by atoms with Gasteiger partial charge in [0.15, 0.2) is 11.4 Å². The van der Waals surface area contributed by atoms with E-state index in [1.165, 1.54) is 4.57 Å². The van der Waals surface area contributed by atoms with E-state index in [-0.39, 0.29) is 17.8 Å². The highest BCUT2D eigenvalue weighted by Crippen LogP contribution is 2.45. The van der Waals surface area contributed by atoms with E-state index in [4.69, 9.17) is 21.6 Å². The molecule has 156 valence electrons. The van der Waals surface area contributed by atoms with Gasteiger partial charge in [0.25, 0.3) is 5.56 Å². The fraction of sp³-hybridized carbons (Fsp3) is 0.0800. The molecule has 0 radical (unpaired) electrons. The van der Waals surface area contributed by atoms with Gasteiger partial charge in [-0.3, -0.25) is 14.3 Å². The first-order valence-electron chi connectivity index (χ1n) is 10.0. The fourth-order valence-corrected chi connectivity index (χ4v) is 5.23. The molecule has 0 amide bonds. The molecule has 1 N–H and O–H groups in total. The minimum Gasteiger partial charge on any atom is -0.377 e. The number of pyridine rings is 1. The summed E-state index contributed by atoms with van der Waals surface area (Å²) in [6.45, 7) is 0. The minimum absolute atomic E-state index is 0.126. The van der Waals surface area contributed by atoms with E-state index in [0.29, 0.717) is 32.9 Å². The molecule has 0 aliphatic carbocycles. The van der Waals surface area contributed by atoms with Crippen LogP contribution in [0.25, 0.3) is 27.5 Å². The first-order chi connectivity index (χ1) is 15.5. The summed E-state index contributed by atoms with van der Waals surface area (Å²) in [5.41, 5.74) is 1.19. The number of rotatable bonds is 2. The lowest BCUT2D eigenvalue weighted by molar-refractivity contribution is 0.0765. The molecule has 1 aliphatic rings. The molecule has 7 heteroatoms. The van der Waals surface area contributed by atoms with Gasteiger partial charge in [-0.25, -0.2) is 4.98 Å². The zero-order chi connectivity index (χ0) is 22.0. The molecule has 6 rings (SSSR count). The molecule has 0 spiro atoms. The van der Waals surface area contributed by atoms with Crippen molar-refractivity contribution in [3.8, 4) is 5.69 Å². The van der Waals surface area contributed by atoms with E-state index >= 15 is 0 Å². The van der Waals surface area contributed by atoms with Gasteiger partial charge in [0, 0.05) is 32.6 Å². The van der Waals surface area contributed by atoms with Crippen LogP contribution >= 0.6 is 27.5 Å². The Labute approximate surface area is 196 Å². The smallest absolute Gasteiger partial charge is 0.266 e. The average molecular weight is 505 g/mol. The highest BCUT2D eigenvalue weighted by atomic mass is 79.9. The van der Waals surface area contributed by atoms with Crippen molar-refractivity contribution in [2.45, 2.75) is 12.0 Å². The number of benzene rings is 3. The maximum atomic E-state index is 13.4. The van der Waals surface area contributed by atoms with Gasteiger partial charge in [-0.15, -0.1) is 0 Å². The predicted octanol–water partition coefficient (Wildman–Crippen LogP) is 5.14. The van der Waals surface area contributed by atoms with E-state index in [0.717, 1.165) is 15.4 Å². The lowest BCUT2D eigenvalue weighted by Gasteiger charge is -2.24. The first-order valence-corrected chi connectivity index (χ1v) is 11.2. The first kappa shape index (κ1) is 19.6. The summed E-state index contributed by atoms with van der Waals surface area (Å²) in [7, 11) is 0.